The zero-order chi connectivity index (χ0) is 24.5. The zero-order valence-electron chi connectivity index (χ0n) is 17.8. The summed E-state index contributed by atoms with van der Waals surface area (Å²) in [5.41, 5.74) is 2.11. The molecular weight excluding hydrogens is 470 g/mol. The lowest BCUT2D eigenvalue weighted by Gasteiger charge is -2.11. The highest BCUT2D eigenvalue weighted by atomic mass is 32.2. The lowest BCUT2D eigenvalue weighted by atomic mass is 10.2. The van der Waals surface area contributed by atoms with Gasteiger partial charge in [-0.05, 0) is 17.7 Å². The Morgan fingerprint density at radius 1 is 0.879 bits per heavy atom. The van der Waals surface area contributed by atoms with Gasteiger partial charge in [0.2, 0.25) is 5.95 Å². The second kappa shape index (κ2) is 11.5. The third kappa shape index (κ3) is 10.7. The maximum absolute atomic E-state index is 9.19. The first kappa shape index (κ1) is 25.9. The number of nitrogens with zero attached hydrogens (tertiary/aromatic N) is 4. The Morgan fingerprint density at radius 3 is 2.03 bits per heavy atom. The summed E-state index contributed by atoms with van der Waals surface area (Å²) in [6.07, 6.45) is 6.69. The lowest BCUT2D eigenvalue weighted by Crippen LogP contribution is -2.06. The second-order valence-corrected chi connectivity index (χ2v) is 9.60. The standard InChI is InChI=1S/C18H15N5.2CH4O3S/c1-2-6-14(7-3-1)12-20-17-15-8-4-5-9-16(15)21-18(22-17)23-11-10-19-13-23;2*1-5(2,3)4/h1-11,13H,12H2,(H,20,21,22);2*1H3,(H,2,3,4). The van der Waals surface area contributed by atoms with Gasteiger partial charge in [0, 0.05) is 24.3 Å². The molecule has 0 unspecified atom stereocenters. The van der Waals surface area contributed by atoms with Crippen LogP contribution in [0.25, 0.3) is 16.9 Å². The van der Waals surface area contributed by atoms with E-state index in [-0.39, 0.29) is 0 Å². The number of aromatic nitrogens is 4. The molecule has 0 amide bonds. The number of rotatable bonds is 4. The minimum Gasteiger partial charge on any atom is -0.365 e. The van der Waals surface area contributed by atoms with Crippen LogP contribution < -0.4 is 5.32 Å². The molecule has 33 heavy (non-hydrogen) atoms. The van der Waals surface area contributed by atoms with Crippen molar-refractivity contribution in [1.29, 1.82) is 0 Å². The summed E-state index contributed by atoms with van der Waals surface area (Å²) in [5, 5.41) is 4.43. The molecule has 0 spiro atoms. The molecule has 2 heterocycles. The van der Waals surface area contributed by atoms with Crippen LogP contribution in [0.3, 0.4) is 0 Å². The van der Waals surface area contributed by atoms with E-state index in [1.165, 1.54) is 5.56 Å². The Morgan fingerprint density at radius 2 is 1.45 bits per heavy atom. The molecule has 3 N–H and O–H groups in total. The predicted octanol–water partition coefficient (Wildman–Crippen LogP) is 2.44. The normalized spacial score (nSPS) is 11.0. The summed E-state index contributed by atoms with van der Waals surface area (Å²) < 4.78 is 53.5. The van der Waals surface area contributed by atoms with Crippen LogP contribution in [0.1, 0.15) is 5.56 Å². The zero-order valence-corrected chi connectivity index (χ0v) is 19.4. The first-order valence-electron chi connectivity index (χ1n) is 9.28. The number of anilines is 1. The highest BCUT2D eigenvalue weighted by Gasteiger charge is 2.08. The second-order valence-electron chi connectivity index (χ2n) is 6.66. The van der Waals surface area contributed by atoms with Gasteiger partial charge in [0.25, 0.3) is 20.2 Å². The SMILES string of the molecule is CS(=O)(=O)O.CS(=O)(=O)O.c1ccc(CNc2nc(-n3ccnc3)nc3ccccc23)cc1. The molecule has 0 aliphatic carbocycles. The number of fused-ring (bicyclic) bond motifs is 1. The molecule has 0 saturated heterocycles. The number of para-hydroxylation sites is 1. The fourth-order valence-electron chi connectivity index (χ4n) is 2.47. The number of imidazole rings is 1. The fraction of sp³-hybridized carbons (Fsp3) is 0.150. The van der Waals surface area contributed by atoms with Crippen molar-refractivity contribution >= 4 is 37.0 Å². The molecule has 4 aromatic rings. The maximum Gasteiger partial charge on any atom is 0.261 e. The van der Waals surface area contributed by atoms with Gasteiger partial charge < -0.3 is 5.32 Å². The van der Waals surface area contributed by atoms with E-state index in [1.54, 1.807) is 17.1 Å². The lowest BCUT2D eigenvalue weighted by molar-refractivity contribution is 0.488. The Labute approximate surface area is 191 Å². The van der Waals surface area contributed by atoms with Crippen LogP contribution in [0, 0.1) is 0 Å². The van der Waals surface area contributed by atoms with Crippen LogP contribution in [0.15, 0.2) is 73.3 Å². The molecule has 0 atom stereocenters. The number of nitrogens with one attached hydrogen (secondary N) is 1. The van der Waals surface area contributed by atoms with Gasteiger partial charge in [-0.15, -0.1) is 0 Å². The molecule has 0 bridgehead atoms. The number of hydrogen-bond acceptors (Lipinski definition) is 8. The molecule has 13 heteroatoms. The Kier molecular flexibility index (Phi) is 8.99. The van der Waals surface area contributed by atoms with E-state index in [4.69, 9.17) is 9.11 Å². The van der Waals surface area contributed by atoms with Crippen LogP contribution in [-0.2, 0) is 26.8 Å². The molecule has 176 valence electrons. The van der Waals surface area contributed by atoms with Crippen LogP contribution in [0.5, 0.6) is 0 Å². The summed E-state index contributed by atoms with van der Waals surface area (Å²) in [7, 11) is -7.33. The van der Waals surface area contributed by atoms with E-state index < -0.39 is 20.2 Å². The summed E-state index contributed by atoms with van der Waals surface area (Å²) in [4.78, 5) is 13.3. The van der Waals surface area contributed by atoms with E-state index in [0.29, 0.717) is 25.0 Å². The van der Waals surface area contributed by atoms with Gasteiger partial charge in [0.15, 0.2) is 0 Å². The number of benzene rings is 2. The summed E-state index contributed by atoms with van der Waals surface area (Å²) in [5.74, 6) is 1.43. The van der Waals surface area contributed by atoms with Crippen molar-refractivity contribution in [3.05, 3.63) is 78.9 Å². The van der Waals surface area contributed by atoms with Gasteiger partial charge >= 0.3 is 0 Å². The van der Waals surface area contributed by atoms with Gasteiger partial charge in [0.05, 0.1) is 18.0 Å². The molecule has 2 aromatic heterocycles. The summed E-state index contributed by atoms with van der Waals surface area (Å²) in [6.45, 7) is 0.714. The van der Waals surface area contributed by atoms with E-state index in [9.17, 15) is 16.8 Å². The van der Waals surface area contributed by atoms with E-state index in [0.717, 1.165) is 16.7 Å². The third-order valence-electron chi connectivity index (χ3n) is 3.63. The third-order valence-corrected chi connectivity index (χ3v) is 3.63. The van der Waals surface area contributed by atoms with Crippen molar-refractivity contribution in [3.63, 3.8) is 0 Å². The van der Waals surface area contributed by atoms with Gasteiger partial charge in [-0.25, -0.2) is 9.97 Å². The molecule has 2 aromatic carbocycles. The van der Waals surface area contributed by atoms with Gasteiger partial charge in [-0.3, -0.25) is 13.7 Å². The van der Waals surface area contributed by atoms with Gasteiger partial charge in [-0.1, -0.05) is 42.5 Å². The Bertz CT molecular complexity index is 1330. The highest BCUT2D eigenvalue weighted by Crippen LogP contribution is 2.22. The van der Waals surface area contributed by atoms with E-state index >= 15 is 0 Å². The van der Waals surface area contributed by atoms with Crippen molar-refractivity contribution in [2.75, 3.05) is 17.8 Å². The van der Waals surface area contributed by atoms with Crippen molar-refractivity contribution < 1.29 is 25.9 Å². The Hall–Kier alpha value is -3.39. The van der Waals surface area contributed by atoms with Crippen LogP contribution in [0.2, 0.25) is 0 Å². The topological polar surface area (TPSA) is 164 Å². The largest absolute Gasteiger partial charge is 0.365 e. The average molecular weight is 494 g/mol. The summed E-state index contributed by atoms with van der Waals surface area (Å²) in [6, 6.07) is 18.3. The number of hydrogen-bond donors (Lipinski definition) is 3. The van der Waals surface area contributed by atoms with E-state index in [2.05, 4.69) is 32.4 Å². The smallest absolute Gasteiger partial charge is 0.261 e. The molecule has 0 aliphatic rings. The molecule has 0 saturated carbocycles. The van der Waals surface area contributed by atoms with Crippen molar-refractivity contribution in [2.24, 2.45) is 0 Å². The highest BCUT2D eigenvalue weighted by molar-refractivity contribution is 7.85. The summed E-state index contributed by atoms with van der Waals surface area (Å²) >= 11 is 0. The molecule has 11 nitrogen and oxygen atoms in total. The maximum atomic E-state index is 9.19. The average Bonchev–Trinajstić information content (AvgIpc) is 3.25. The fourth-order valence-corrected chi connectivity index (χ4v) is 2.47. The molecular formula is C20H23N5O6S2. The van der Waals surface area contributed by atoms with Gasteiger partial charge in [-0.2, -0.15) is 21.8 Å². The van der Waals surface area contributed by atoms with Crippen molar-refractivity contribution in [1.82, 2.24) is 19.5 Å². The minimum absolute atomic E-state index is 0.608. The van der Waals surface area contributed by atoms with Crippen LogP contribution in [0.4, 0.5) is 5.82 Å². The molecule has 4 rings (SSSR count). The van der Waals surface area contributed by atoms with Crippen LogP contribution in [-0.4, -0.2) is 58.0 Å². The molecule has 0 fully saturated rings. The minimum atomic E-state index is -3.67. The first-order chi connectivity index (χ1) is 15.4. The molecule has 0 radical (unpaired) electrons. The monoisotopic (exact) mass is 493 g/mol. The quantitative estimate of drug-likeness (QED) is 0.360. The first-order valence-corrected chi connectivity index (χ1v) is 13.0. The predicted molar refractivity (Wildman–Crippen MR) is 125 cm³/mol. The van der Waals surface area contributed by atoms with E-state index in [1.807, 2.05) is 48.7 Å². The van der Waals surface area contributed by atoms with Crippen molar-refractivity contribution in [3.8, 4) is 5.95 Å². The van der Waals surface area contributed by atoms with Crippen molar-refractivity contribution in [2.45, 2.75) is 6.54 Å². The van der Waals surface area contributed by atoms with Gasteiger partial charge in [0.1, 0.15) is 12.1 Å². The Balaban J connectivity index is 0.000000327. The molecule has 0 aliphatic heterocycles. The van der Waals surface area contributed by atoms with Crippen LogP contribution >= 0.6 is 0 Å².